The van der Waals surface area contributed by atoms with Crippen LogP contribution in [-0.4, -0.2) is 30.8 Å². The molecule has 0 bridgehead atoms. The molecule has 0 spiro atoms. The molecule has 70 valence electrons. The average Bonchev–Trinajstić information content (AvgIpc) is 2.75. The van der Waals surface area contributed by atoms with Gasteiger partial charge in [0.1, 0.15) is 0 Å². The quantitative estimate of drug-likeness (QED) is 0.433. The Labute approximate surface area is 74.6 Å². The highest BCUT2D eigenvalue weighted by molar-refractivity contribution is 5.60. The van der Waals surface area contributed by atoms with Gasteiger partial charge in [-0.05, 0) is 20.2 Å². The summed E-state index contributed by atoms with van der Waals surface area (Å²) in [6, 6.07) is 0. The molecule has 0 fully saturated rings. The SMILES string of the molecule is Nc1nonc1-[n+]1nc2nonc2[nH]1. The summed E-state index contributed by atoms with van der Waals surface area (Å²) in [5, 5.41) is 20.6. The molecule has 10 nitrogen and oxygen atoms in total. The molecule has 3 rings (SSSR count). The minimum atomic E-state index is 0.114. The van der Waals surface area contributed by atoms with Crippen molar-refractivity contribution in [1.29, 1.82) is 0 Å². The number of H-pyrrole nitrogens is 1. The van der Waals surface area contributed by atoms with Crippen molar-refractivity contribution < 1.29 is 14.1 Å². The number of nitrogens with one attached hydrogen (secondary N) is 1. The summed E-state index contributed by atoms with van der Waals surface area (Å²) in [6.45, 7) is 0. The molecule has 0 saturated carbocycles. The molecule has 3 aromatic heterocycles. The van der Waals surface area contributed by atoms with E-state index in [0.29, 0.717) is 11.3 Å². The van der Waals surface area contributed by atoms with Crippen LogP contribution < -0.4 is 10.5 Å². The first-order valence-corrected chi connectivity index (χ1v) is 3.53. The number of hydrogen-bond acceptors (Lipinski definition) is 8. The van der Waals surface area contributed by atoms with Gasteiger partial charge in [-0.2, -0.15) is 5.10 Å². The zero-order valence-electron chi connectivity index (χ0n) is 6.58. The van der Waals surface area contributed by atoms with Crippen LogP contribution in [0.4, 0.5) is 5.82 Å². The Bertz CT molecular complexity index is 548. The maximum absolute atomic E-state index is 5.45. The lowest BCUT2D eigenvalue weighted by Crippen LogP contribution is -2.37. The van der Waals surface area contributed by atoms with E-state index in [1.165, 1.54) is 4.80 Å². The van der Waals surface area contributed by atoms with Crippen molar-refractivity contribution in [2.45, 2.75) is 0 Å². The summed E-state index contributed by atoms with van der Waals surface area (Å²) in [7, 11) is 0. The maximum atomic E-state index is 5.45. The van der Waals surface area contributed by atoms with Crippen molar-refractivity contribution in [2.24, 2.45) is 0 Å². The Hall–Kier alpha value is -2.52. The Morgan fingerprint density at radius 2 is 2.00 bits per heavy atom. The molecule has 0 aromatic carbocycles. The second kappa shape index (κ2) is 2.25. The molecule has 0 amide bonds. The van der Waals surface area contributed by atoms with E-state index in [4.69, 9.17) is 5.73 Å². The van der Waals surface area contributed by atoms with Crippen LogP contribution in [0.3, 0.4) is 0 Å². The molecule has 0 aliphatic carbocycles. The van der Waals surface area contributed by atoms with Crippen LogP contribution in [0.25, 0.3) is 17.1 Å². The van der Waals surface area contributed by atoms with E-state index < -0.39 is 0 Å². The molecular weight excluding hydrogens is 192 g/mol. The highest BCUT2D eigenvalue weighted by Gasteiger charge is 2.24. The van der Waals surface area contributed by atoms with Gasteiger partial charge >= 0.3 is 5.82 Å². The van der Waals surface area contributed by atoms with Crippen molar-refractivity contribution in [3.8, 4) is 5.82 Å². The molecule has 14 heavy (non-hydrogen) atoms. The van der Waals surface area contributed by atoms with Crippen LogP contribution in [-0.2, 0) is 0 Å². The Balaban J connectivity index is 2.23. The van der Waals surface area contributed by atoms with Gasteiger partial charge in [-0.1, -0.05) is 0 Å². The third-order valence-electron chi connectivity index (χ3n) is 1.57. The second-order valence-electron chi connectivity index (χ2n) is 2.43. The molecule has 0 unspecified atom stereocenters. The van der Waals surface area contributed by atoms with E-state index >= 15 is 0 Å². The highest BCUT2D eigenvalue weighted by atomic mass is 16.6. The summed E-state index contributed by atoms with van der Waals surface area (Å²) >= 11 is 0. The number of aromatic nitrogens is 7. The lowest BCUT2D eigenvalue weighted by Gasteiger charge is -1.79. The molecule has 3 N–H and O–H groups in total. The summed E-state index contributed by atoms with van der Waals surface area (Å²) in [6.07, 6.45) is 0. The summed E-state index contributed by atoms with van der Waals surface area (Å²) in [5.41, 5.74) is 6.14. The molecule has 0 atom stereocenters. The first-order valence-electron chi connectivity index (χ1n) is 3.53. The predicted octanol–water partition coefficient (Wildman–Crippen LogP) is -1.81. The maximum Gasteiger partial charge on any atom is 0.462 e. The Kier molecular flexibility index (Phi) is 1.11. The van der Waals surface area contributed by atoms with E-state index in [0.717, 1.165) is 0 Å². The Morgan fingerprint density at radius 1 is 1.14 bits per heavy atom. The topological polar surface area (TPSA) is 136 Å². The summed E-state index contributed by atoms with van der Waals surface area (Å²) < 4.78 is 8.81. The molecule has 3 heterocycles. The number of fused-ring (bicyclic) bond motifs is 1. The van der Waals surface area contributed by atoms with Crippen LogP contribution in [0.2, 0.25) is 0 Å². The Morgan fingerprint density at radius 3 is 2.71 bits per heavy atom. The fourth-order valence-electron chi connectivity index (χ4n) is 0.978. The second-order valence-corrected chi connectivity index (χ2v) is 2.43. The normalized spacial score (nSPS) is 11.1. The van der Waals surface area contributed by atoms with Gasteiger partial charge in [-0.25, -0.2) is 4.63 Å². The molecule has 3 aromatic rings. The van der Waals surface area contributed by atoms with Crippen LogP contribution in [0.1, 0.15) is 0 Å². The smallest absolute Gasteiger partial charge is 0.374 e. The van der Waals surface area contributed by atoms with Crippen LogP contribution >= 0.6 is 0 Å². The minimum absolute atomic E-state index is 0.114. The first kappa shape index (κ1) is 6.94. The number of nitrogens with two attached hydrogens (primary N) is 1. The van der Waals surface area contributed by atoms with E-state index in [1.807, 2.05) is 0 Å². The van der Waals surface area contributed by atoms with Crippen molar-refractivity contribution >= 4 is 17.1 Å². The number of aromatic amines is 1. The molecule has 0 radical (unpaired) electrons. The zero-order valence-corrected chi connectivity index (χ0v) is 6.58. The molecule has 0 saturated heterocycles. The third kappa shape index (κ3) is 0.784. The number of hydrogen-bond donors (Lipinski definition) is 2. The lowest BCUT2D eigenvalue weighted by atomic mass is 10.7. The van der Waals surface area contributed by atoms with Crippen LogP contribution in [0, 0.1) is 0 Å². The van der Waals surface area contributed by atoms with Gasteiger partial charge in [-0.3, -0.25) is 0 Å². The fourth-order valence-corrected chi connectivity index (χ4v) is 0.978. The van der Waals surface area contributed by atoms with Gasteiger partial charge in [0.25, 0.3) is 17.1 Å². The average molecular weight is 195 g/mol. The van der Waals surface area contributed by atoms with Gasteiger partial charge in [0.2, 0.25) is 0 Å². The monoisotopic (exact) mass is 195 g/mol. The van der Waals surface area contributed by atoms with Gasteiger partial charge in [0.15, 0.2) is 5.16 Å². The van der Waals surface area contributed by atoms with Crippen LogP contribution in [0.5, 0.6) is 0 Å². The fraction of sp³-hybridized carbons (Fsp3) is 0. The number of nitrogen functional groups attached to an aromatic ring is 1. The molecule has 0 aliphatic heterocycles. The summed E-state index contributed by atoms with van der Waals surface area (Å²) in [4.78, 5) is 1.24. The van der Waals surface area contributed by atoms with Gasteiger partial charge in [0.05, 0.1) is 0 Å². The van der Waals surface area contributed by atoms with Gasteiger partial charge < -0.3 is 5.73 Å². The predicted molar refractivity (Wildman–Crippen MR) is 37.8 cm³/mol. The van der Waals surface area contributed by atoms with Crippen LogP contribution in [0.15, 0.2) is 9.26 Å². The first-order chi connectivity index (χ1) is 6.84. The standard InChI is InChI=1S/C4H3N8O2/c5-1-4(11-13-8-1)12-6-2-3(7-12)10-14-9-2/h(H2,5,8)(H,6,7,9,10)/q+1. The summed E-state index contributed by atoms with van der Waals surface area (Å²) in [5.74, 6) is 0.355. The lowest BCUT2D eigenvalue weighted by molar-refractivity contribution is -0.714. The van der Waals surface area contributed by atoms with E-state index in [1.54, 1.807) is 0 Å². The zero-order chi connectivity index (χ0) is 9.54. The highest BCUT2D eigenvalue weighted by Crippen LogP contribution is 2.03. The minimum Gasteiger partial charge on any atom is -0.374 e. The third-order valence-corrected chi connectivity index (χ3v) is 1.57. The molecule has 0 aliphatic rings. The largest absolute Gasteiger partial charge is 0.462 e. The molecule has 10 heteroatoms. The number of anilines is 1. The molecular formula is C4H3N8O2+. The van der Waals surface area contributed by atoms with Crippen molar-refractivity contribution in [2.75, 3.05) is 5.73 Å². The van der Waals surface area contributed by atoms with E-state index in [9.17, 15) is 0 Å². The van der Waals surface area contributed by atoms with Gasteiger partial charge in [-0.15, -0.1) is 4.63 Å². The van der Waals surface area contributed by atoms with E-state index in [2.05, 4.69) is 40.1 Å². The number of rotatable bonds is 1. The van der Waals surface area contributed by atoms with Gasteiger partial charge in [0, 0.05) is 5.16 Å². The van der Waals surface area contributed by atoms with Crippen molar-refractivity contribution in [1.82, 2.24) is 30.8 Å². The van der Waals surface area contributed by atoms with E-state index in [-0.39, 0.29) is 11.6 Å². The van der Waals surface area contributed by atoms with Crippen molar-refractivity contribution in [3.63, 3.8) is 0 Å². The van der Waals surface area contributed by atoms with Crippen molar-refractivity contribution in [3.05, 3.63) is 0 Å². The number of nitrogens with zero attached hydrogens (tertiary/aromatic N) is 6.